The number of hydrogen-bond acceptors (Lipinski definition) is 5. The van der Waals surface area contributed by atoms with E-state index in [1.807, 2.05) is 18.3 Å². The average Bonchev–Trinajstić information content (AvgIpc) is 2.84. The fourth-order valence-corrected chi connectivity index (χ4v) is 3.60. The highest BCUT2D eigenvalue weighted by atomic mass is 32.1. The molecular weight excluding hydrogens is 258 g/mol. The minimum atomic E-state index is 0.128. The first-order valence-electron chi connectivity index (χ1n) is 6.49. The third-order valence-electron chi connectivity index (χ3n) is 3.40. The molecule has 0 amide bonds. The lowest BCUT2D eigenvalue weighted by molar-refractivity contribution is 0.397. The molecule has 0 saturated heterocycles. The summed E-state index contributed by atoms with van der Waals surface area (Å²) in [6, 6.07) is 4.04. The Kier molecular flexibility index (Phi) is 3.48. The van der Waals surface area contributed by atoms with Crippen LogP contribution in [0.3, 0.4) is 0 Å². The van der Waals surface area contributed by atoms with Crippen LogP contribution in [0.15, 0.2) is 18.3 Å². The number of rotatable bonds is 3. The van der Waals surface area contributed by atoms with Gasteiger partial charge in [-0.1, -0.05) is 6.07 Å². The Morgan fingerprint density at radius 2 is 2.37 bits per heavy atom. The minimum Gasteiger partial charge on any atom is -0.481 e. The highest BCUT2D eigenvalue weighted by Gasteiger charge is 2.21. The van der Waals surface area contributed by atoms with Crippen LogP contribution in [-0.4, -0.2) is 17.1 Å². The molecule has 5 heteroatoms. The molecule has 100 valence electrons. The highest BCUT2D eigenvalue weighted by Crippen LogP contribution is 2.32. The zero-order valence-electron chi connectivity index (χ0n) is 10.9. The van der Waals surface area contributed by atoms with Gasteiger partial charge in [-0.25, -0.2) is 9.97 Å². The molecule has 0 fully saturated rings. The van der Waals surface area contributed by atoms with E-state index >= 15 is 0 Å². The van der Waals surface area contributed by atoms with Crippen LogP contribution in [-0.2, 0) is 12.8 Å². The molecule has 0 saturated carbocycles. The molecule has 4 nitrogen and oxygen atoms in total. The zero-order chi connectivity index (χ0) is 13.2. The Hall–Kier alpha value is -1.46. The maximum absolute atomic E-state index is 6.11. The Morgan fingerprint density at radius 1 is 1.47 bits per heavy atom. The molecule has 0 aromatic carbocycles. The maximum Gasteiger partial charge on any atom is 0.212 e. The van der Waals surface area contributed by atoms with Crippen LogP contribution in [0.5, 0.6) is 5.88 Å². The fraction of sp³-hybridized carbons (Fsp3) is 0.429. The van der Waals surface area contributed by atoms with Gasteiger partial charge in [-0.05, 0) is 24.8 Å². The summed E-state index contributed by atoms with van der Waals surface area (Å²) in [6.45, 7) is 0. The molecule has 2 heterocycles. The smallest absolute Gasteiger partial charge is 0.212 e. The van der Waals surface area contributed by atoms with Crippen LogP contribution in [0.25, 0.3) is 0 Å². The number of pyridine rings is 1. The van der Waals surface area contributed by atoms with Gasteiger partial charge >= 0.3 is 0 Å². The molecule has 19 heavy (non-hydrogen) atoms. The lowest BCUT2D eigenvalue weighted by Crippen LogP contribution is -2.16. The number of ether oxygens (including phenoxy) is 1. The first-order valence-corrected chi connectivity index (χ1v) is 7.31. The van der Waals surface area contributed by atoms with E-state index in [0.29, 0.717) is 5.88 Å². The van der Waals surface area contributed by atoms with Gasteiger partial charge in [0.15, 0.2) is 0 Å². The van der Waals surface area contributed by atoms with Gasteiger partial charge in [-0.15, -0.1) is 11.3 Å². The van der Waals surface area contributed by atoms with E-state index in [1.54, 1.807) is 18.4 Å². The molecule has 0 bridgehead atoms. The quantitative estimate of drug-likeness (QED) is 0.934. The minimum absolute atomic E-state index is 0.128. The van der Waals surface area contributed by atoms with E-state index in [0.717, 1.165) is 35.5 Å². The van der Waals surface area contributed by atoms with Gasteiger partial charge in [-0.2, -0.15) is 0 Å². The lowest BCUT2D eigenvalue weighted by Gasteiger charge is -2.15. The SMILES string of the molecule is COc1ccc(Cc2nc3c(s2)CCCC3N)cn1. The number of aryl methyl sites for hydroxylation is 1. The number of thiazole rings is 1. The second-order valence-corrected chi connectivity index (χ2v) is 5.97. The van der Waals surface area contributed by atoms with Crippen molar-refractivity contribution in [1.29, 1.82) is 0 Å². The second-order valence-electron chi connectivity index (χ2n) is 4.80. The summed E-state index contributed by atoms with van der Waals surface area (Å²) in [5.41, 5.74) is 8.38. The highest BCUT2D eigenvalue weighted by molar-refractivity contribution is 7.11. The van der Waals surface area contributed by atoms with Gasteiger partial charge in [0.25, 0.3) is 0 Å². The summed E-state index contributed by atoms with van der Waals surface area (Å²) < 4.78 is 5.06. The summed E-state index contributed by atoms with van der Waals surface area (Å²) in [5, 5.41) is 1.13. The summed E-state index contributed by atoms with van der Waals surface area (Å²) in [5.74, 6) is 0.643. The van der Waals surface area contributed by atoms with Crippen molar-refractivity contribution in [2.75, 3.05) is 7.11 Å². The van der Waals surface area contributed by atoms with E-state index in [9.17, 15) is 0 Å². The van der Waals surface area contributed by atoms with Gasteiger partial charge < -0.3 is 10.5 Å². The molecule has 1 atom stereocenters. The third kappa shape index (κ3) is 2.62. The summed E-state index contributed by atoms with van der Waals surface area (Å²) >= 11 is 1.79. The zero-order valence-corrected chi connectivity index (χ0v) is 11.7. The molecule has 3 rings (SSSR count). The Morgan fingerprint density at radius 3 is 3.05 bits per heavy atom. The molecule has 1 aliphatic carbocycles. The molecule has 0 aliphatic heterocycles. The number of nitrogens with two attached hydrogens (primary N) is 1. The van der Waals surface area contributed by atoms with E-state index in [2.05, 4.69) is 4.98 Å². The monoisotopic (exact) mass is 275 g/mol. The second kappa shape index (κ2) is 5.27. The van der Waals surface area contributed by atoms with Gasteiger partial charge in [0.1, 0.15) is 0 Å². The molecule has 1 aliphatic rings. The van der Waals surface area contributed by atoms with Gasteiger partial charge in [0.05, 0.1) is 17.8 Å². The van der Waals surface area contributed by atoms with Crippen molar-refractivity contribution in [3.05, 3.63) is 39.5 Å². The van der Waals surface area contributed by atoms with Crippen LogP contribution in [0.4, 0.5) is 0 Å². The summed E-state index contributed by atoms with van der Waals surface area (Å²) in [7, 11) is 1.62. The van der Waals surface area contributed by atoms with Crippen LogP contribution in [0, 0.1) is 0 Å². The van der Waals surface area contributed by atoms with Crippen LogP contribution in [0.2, 0.25) is 0 Å². The van der Waals surface area contributed by atoms with Gasteiger partial charge in [0.2, 0.25) is 5.88 Å². The molecule has 2 aromatic rings. The Balaban J connectivity index is 1.79. The van der Waals surface area contributed by atoms with Gasteiger partial charge in [-0.3, -0.25) is 0 Å². The Labute approximate surface area is 116 Å². The predicted molar refractivity (Wildman–Crippen MR) is 75.6 cm³/mol. The number of hydrogen-bond donors (Lipinski definition) is 1. The van der Waals surface area contributed by atoms with Crippen molar-refractivity contribution in [2.45, 2.75) is 31.7 Å². The van der Waals surface area contributed by atoms with Crippen molar-refractivity contribution in [3.8, 4) is 5.88 Å². The standard InChI is InChI=1S/C14H17N3OS/c1-18-12-6-5-9(8-16-12)7-13-17-14-10(15)3-2-4-11(14)19-13/h5-6,8,10H,2-4,7,15H2,1H3. The van der Waals surface area contributed by atoms with Crippen molar-refractivity contribution in [1.82, 2.24) is 9.97 Å². The van der Waals surface area contributed by atoms with Gasteiger partial charge in [0, 0.05) is 29.6 Å². The topological polar surface area (TPSA) is 61.0 Å². The van der Waals surface area contributed by atoms with Crippen molar-refractivity contribution >= 4 is 11.3 Å². The Bertz CT molecular complexity index is 565. The van der Waals surface area contributed by atoms with Crippen LogP contribution < -0.4 is 10.5 Å². The fourth-order valence-electron chi connectivity index (χ4n) is 2.39. The average molecular weight is 275 g/mol. The molecule has 1 unspecified atom stereocenters. The van der Waals surface area contributed by atoms with E-state index in [-0.39, 0.29) is 6.04 Å². The van der Waals surface area contributed by atoms with Crippen molar-refractivity contribution < 1.29 is 4.74 Å². The third-order valence-corrected chi connectivity index (χ3v) is 4.54. The number of aromatic nitrogens is 2. The van der Waals surface area contributed by atoms with Crippen LogP contribution >= 0.6 is 11.3 Å². The molecule has 0 radical (unpaired) electrons. The van der Waals surface area contributed by atoms with E-state index in [4.69, 9.17) is 15.5 Å². The first kappa shape index (κ1) is 12.6. The maximum atomic E-state index is 6.11. The number of methoxy groups -OCH3 is 1. The van der Waals surface area contributed by atoms with Crippen molar-refractivity contribution in [3.63, 3.8) is 0 Å². The number of nitrogens with zero attached hydrogens (tertiary/aromatic N) is 2. The molecule has 2 aromatic heterocycles. The lowest BCUT2D eigenvalue weighted by atomic mass is 9.99. The predicted octanol–water partition coefficient (Wildman–Crippen LogP) is 2.47. The largest absolute Gasteiger partial charge is 0.481 e. The molecule has 0 spiro atoms. The number of fused-ring (bicyclic) bond motifs is 1. The summed E-state index contributed by atoms with van der Waals surface area (Å²) in [4.78, 5) is 10.3. The normalized spacial score (nSPS) is 18.1. The van der Waals surface area contributed by atoms with Crippen LogP contribution in [0.1, 0.15) is 40.0 Å². The molecular formula is C14H17N3OS. The summed E-state index contributed by atoms with van der Waals surface area (Å²) in [6.07, 6.45) is 6.03. The molecule has 2 N–H and O–H groups in total. The van der Waals surface area contributed by atoms with Crippen molar-refractivity contribution in [2.24, 2.45) is 5.73 Å². The first-order chi connectivity index (χ1) is 9.26. The van der Waals surface area contributed by atoms with E-state index < -0.39 is 0 Å². The van der Waals surface area contributed by atoms with E-state index in [1.165, 1.54) is 11.3 Å².